The summed E-state index contributed by atoms with van der Waals surface area (Å²) >= 11 is 0. The Morgan fingerprint density at radius 2 is 1.50 bits per heavy atom. The summed E-state index contributed by atoms with van der Waals surface area (Å²) in [6.07, 6.45) is 16.9. The third-order valence-corrected chi connectivity index (χ3v) is 5.03. The molecule has 0 aliphatic rings. The summed E-state index contributed by atoms with van der Waals surface area (Å²) < 4.78 is 2.14. The third-order valence-electron chi connectivity index (χ3n) is 5.03. The minimum atomic E-state index is -0.931. The van der Waals surface area contributed by atoms with Gasteiger partial charge in [0.25, 0.3) is 0 Å². The molecule has 5 nitrogen and oxygen atoms in total. The van der Waals surface area contributed by atoms with Crippen molar-refractivity contribution in [3.63, 3.8) is 0 Å². The number of benzene rings is 1. The van der Waals surface area contributed by atoms with Crippen LogP contribution >= 0.6 is 0 Å². The topological polar surface area (TPSA) is 72.2 Å². The number of carboxylic acids is 1. The fourth-order valence-electron chi connectivity index (χ4n) is 3.33. The van der Waals surface area contributed by atoms with E-state index >= 15 is 0 Å². The highest BCUT2D eigenvalue weighted by Gasteiger charge is 2.08. The first-order valence-electron chi connectivity index (χ1n) is 10.4. The second-order valence-electron chi connectivity index (χ2n) is 7.39. The average molecular weight is 385 g/mol. The van der Waals surface area contributed by atoms with Crippen molar-refractivity contribution >= 4 is 11.8 Å². The van der Waals surface area contributed by atoms with E-state index in [2.05, 4.69) is 9.55 Å². The molecule has 1 aromatic carbocycles. The van der Waals surface area contributed by atoms with Gasteiger partial charge in [0.15, 0.2) is 5.78 Å². The summed E-state index contributed by atoms with van der Waals surface area (Å²) in [6, 6.07) is 7.63. The highest BCUT2D eigenvalue weighted by molar-refractivity contribution is 5.97. The van der Waals surface area contributed by atoms with E-state index in [4.69, 9.17) is 5.11 Å². The molecule has 5 heteroatoms. The quantitative estimate of drug-likeness (QED) is 0.334. The van der Waals surface area contributed by atoms with Crippen LogP contribution in [0.15, 0.2) is 43.0 Å². The number of ketones is 1. The van der Waals surface area contributed by atoms with Gasteiger partial charge in [0, 0.05) is 30.9 Å². The van der Waals surface area contributed by atoms with Crippen molar-refractivity contribution in [2.45, 2.75) is 77.2 Å². The molecule has 0 radical (unpaired) electrons. The molecule has 2 rings (SSSR count). The monoisotopic (exact) mass is 384 g/mol. The molecule has 1 heterocycles. The Morgan fingerprint density at radius 3 is 2.11 bits per heavy atom. The molecule has 1 N–H and O–H groups in total. The summed E-state index contributed by atoms with van der Waals surface area (Å²) in [5.74, 6) is -1.03. The van der Waals surface area contributed by atoms with Gasteiger partial charge in [-0.2, -0.15) is 0 Å². The lowest BCUT2D eigenvalue weighted by Gasteiger charge is -2.05. The molecule has 0 fully saturated rings. The molecule has 0 atom stereocenters. The number of aryl methyl sites for hydroxylation is 2. The number of unbranched alkanes of at least 4 members (excludes halogenated alkanes) is 7. The standard InChI is InChI=1S/C23H32N2O3/c26-22(14-15-23(27)28)21-12-10-20(11-13-21)9-7-5-3-1-2-4-6-8-17-25-18-16-24-19-25/h10-13,16,18-19H,1-9,14-15,17H2,(H,27,28). The van der Waals surface area contributed by atoms with Gasteiger partial charge in [0.2, 0.25) is 0 Å². The van der Waals surface area contributed by atoms with Gasteiger partial charge >= 0.3 is 5.97 Å². The second-order valence-corrected chi connectivity index (χ2v) is 7.39. The fraction of sp³-hybridized carbons (Fsp3) is 0.522. The Balaban J connectivity index is 1.47. The van der Waals surface area contributed by atoms with Crippen LogP contribution in [-0.2, 0) is 17.8 Å². The van der Waals surface area contributed by atoms with Crippen LogP contribution < -0.4 is 0 Å². The molecule has 0 saturated carbocycles. The Bertz CT molecular complexity index is 693. The lowest BCUT2D eigenvalue weighted by Crippen LogP contribution is -2.03. The molecule has 0 bridgehead atoms. The number of hydrogen-bond acceptors (Lipinski definition) is 3. The van der Waals surface area contributed by atoms with E-state index in [0.717, 1.165) is 13.0 Å². The van der Waals surface area contributed by atoms with Crippen LogP contribution in [0, 0.1) is 0 Å². The maximum atomic E-state index is 11.9. The summed E-state index contributed by atoms with van der Waals surface area (Å²) in [5, 5.41) is 8.65. The van der Waals surface area contributed by atoms with Crippen molar-refractivity contribution < 1.29 is 14.7 Å². The Labute approximate surface area is 167 Å². The number of carbonyl (C=O) groups excluding carboxylic acids is 1. The first kappa shape index (κ1) is 21.9. The smallest absolute Gasteiger partial charge is 0.303 e. The number of Topliss-reactive ketones (excluding diaryl/α,β-unsaturated/α-hetero) is 1. The fourth-order valence-corrected chi connectivity index (χ4v) is 3.33. The average Bonchev–Trinajstić information content (AvgIpc) is 3.21. The SMILES string of the molecule is O=C(O)CCC(=O)c1ccc(CCCCCCCCCCn2ccnc2)cc1. The van der Waals surface area contributed by atoms with E-state index in [-0.39, 0.29) is 18.6 Å². The molecule has 0 aliphatic carbocycles. The van der Waals surface area contributed by atoms with Crippen molar-refractivity contribution in [3.8, 4) is 0 Å². The highest BCUT2D eigenvalue weighted by Crippen LogP contribution is 2.13. The van der Waals surface area contributed by atoms with Crippen molar-refractivity contribution in [3.05, 3.63) is 54.1 Å². The maximum Gasteiger partial charge on any atom is 0.303 e. The molecule has 0 unspecified atom stereocenters. The van der Waals surface area contributed by atoms with E-state index in [1.165, 1.54) is 56.9 Å². The van der Waals surface area contributed by atoms with E-state index in [9.17, 15) is 9.59 Å². The zero-order valence-corrected chi connectivity index (χ0v) is 16.7. The Hall–Kier alpha value is -2.43. The predicted octanol–water partition coefficient (Wildman–Crippen LogP) is 5.29. The summed E-state index contributed by atoms with van der Waals surface area (Å²) in [6.45, 7) is 1.07. The molecule has 2 aromatic rings. The van der Waals surface area contributed by atoms with Crippen LogP contribution in [-0.4, -0.2) is 26.4 Å². The van der Waals surface area contributed by atoms with Gasteiger partial charge < -0.3 is 9.67 Å². The number of hydrogen-bond donors (Lipinski definition) is 1. The number of carbonyl (C=O) groups is 2. The van der Waals surface area contributed by atoms with Crippen molar-refractivity contribution in [2.24, 2.45) is 0 Å². The van der Waals surface area contributed by atoms with E-state index < -0.39 is 5.97 Å². The number of aromatic nitrogens is 2. The first-order valence-corrected chi connectivity index (χ1v) is 10.4. The molecule has 152 valence electrons. The largest absolute Gasteiger partial charge is 0.481 e. The zero-order chi connectivity index (χ0) is 20.0. The van der Waals surface area contributed by atoms with Gasteiger partial charge in [-0.3, -0.25) is 9.59 Å². The first-order chi connectivity index (χ1) is 13.6. The minimum absolute atomic E-state index is 0.0677. The summed E-state index contributed by atoms with van der Waals surface area (Å²) in [7, 11) is 0. The Kier molecular flexibility index (Phi) is 10.0. The molecular weight excluding hydrogens is 352 g/mol. The van der Waals surface area contributed by atoms with Crippen LogP contribution in [0.4, 0.5) is 0 Å². The van der Waals surface area contributed by atoms with Crippen LogP contribution in [0.2, 0.25) is 0 Å². The molecule has 0 spiro atoms. The van der Waals surface area contributed by atoms with Crippen LogP contribution in [0.5, 0.6) is 0 Å². The van der Waals surface area contributed by atoms with Crippen molar-refractivity contribution in [2.75, 3.05) is 0 Å². The molecule has 0 aliphatic heterocycles. The van der Waals surface area contributed by atoms with Gasteiger partial charge in [-0.15, -0.1) is 0 Å². The van der Waals surface area contributed by atoms with Crippen LogP contribution in [0.25, 0.3) is 0 Å². The van der Waals surface area contributed by atoms with Crippen LogP contribution in [0.1, 0.15) is 80.1 Å². The van der Waals surface area contributed by atoms with Crippen molar-refractivity contribution in [1.82, 2.24) is 9.55 Å². The normalized spacial score (nSPS) is 10.9. The number of aliphatic carboxylic acids is 1. The second kappa shape index (κ2) is 12.9. The number of rotatable bonds is 15. The van der Waals surface area contributed by atoms with E-state index in [1.807, 2.05) is 43.0 Å². The predicted molar refractivity (Wildman–Crippen MR) is 111 cm³/mol. The highest BCUT2D eigenvalue weighted by atomic mass is 16.4. The zero-order valence-electron chi connectivity index (χ0n) is 16.7. The summed E-state index contributed by atoms with van der Waals surface area (Å²) in [4.78, 5) is 26.5. The van der Waals surface area contributed by atoms with Gasteiger partial charge in [0.1, 0.15) is 0 Å². The number of carboxylic acid groups (broad SMARTS) is 1. The molecule has 0 amide bonds. The third kappa shape index (κ3) is 8.98. The van der Waals surface area contributed by atoms with E-state index in [0.29, 0.717) is 5.56 Å². The van der Waals surface area contributed by atoms with Gasteiger partial charge in [-0.1, -0.05) is 62.8 Å². The lowest BCUT2D eigenvalue weighted by atomic mass is 10.0. The van der Waals surface area contributed by atoms with Gasteiger partial charge in [-0.05, 0) is 24.8 Å². The number of imidazole rings is 1. The van der Waals surface area contributed by atoms with Crippen LogP contribution in [0.3, 0.4) is 0 Å². The van der Waals surface area contributed by atoms with Gasteiger partial charge in [0.05, 0.1) is 12.7 Å². The van der Waals surface area contributed by atoms with E-state index in [1.54, 1.807) is 0 Å². The van der Waals surface area contributed by atoms with Gasteiger partial charge in [-0.25, -0.2) is 4.98 Å². The molecule has 0 saturated heterocycles. The molecule has 28 heavy (non-hydrogen) atoms. The Morgan fingerprint density at radius 1 is 0.857 bits per heavy atom. The molecule has 1 aromatic heterocycles. The lowest BCUT2D eigenvalue weighted by molar-refractivity contribution is -0.136. The number of nitrogens with zero attached hydrogens (tertiary/aromatic N) is 2. The maximum absolute atomic E-state index is 11.9. The summed E-state index contributed by atoms with van der Waals surface area (Å²) in [5.41, 5.74) is 1.85. The van der Waals surface area contributed by atoms with Crippen molar-refractivity contribution in [1.29, 1.82) is 0 Å². The molecular formula is C23H32N2O3. The minimum Gasteiger partial charge on any atom is -0.481 e.